The summed E-state index contributed by atoms with van der Waals surface area (Å²) in [5.74, 6) is 0.0914. The van der Waals surface area contributed by atoms with Crippen LogP contribution in [0, 0.1) is 0 Å². The SMILES string of the molecule is COP(=O)(CCCC(C)=O)OC. The Morgan fingerprint density at radius 1 is 1.33 bits per heavy atom. The Bertz CT molecular complexity index is 182. The van der Waals surface area contributed by atoms with E-state index in [1.54, 1.807) is 0 Å². The molecule has 0 saturated carbocycles. The number of carbonyl (C=O) groups excluding carboxylic acids is 1. The highest BCUT2D eigenvalue weighted by Crippen LogP contribution is 2.46. The van der Waals surface area contributed by atoms with E-state index in [0.29, 0.717) is 19.0 Å². The van der Waals surface area contributed by atoms with Crippen molar-refractivity contribution in [1.29, 1.82) is 0 Å². The van der Waals surface area contributed by atoms with Gasteiger partial charge in [0.25, 0.3) is 0 Å². The summed E-state index contributed by atoms with van der Waals surface area (Å²) in [5, 5.41) is 0. The molecule has 0 bridgehead atoms. The third-order valence-corrected chi connectivity index (χ3v) is 3.49. The predicted octanol–water partition coefficient (Wildman–Crippen LogP) is 1.84. The van der Waals surface area contributed by atoms with Crippen molar-refractivity contribution < 1.29 is 18.4 Å². The van der Waals surface area contributed by atoms with Crippen LogP contribution in [0.25, 0.3) is 0 Å². The molecule has 0 spiro atoms. The first-order valence-electron chi connectivity index (χ1n) is 3.74. The minimum Gasteiger partial charge on any atom is -0.312 e. The van der Waals surface area contributed by atoms with E-state index in [0.717, 1.165) is 0 Å². The van der Waals surface area contributed by atoms with Crippen LogP contribution < -0.4 is 0 Å². The monoisotopic (exact) mass is 194 g/mol. The maximum atomic E-state index is 11.4. The van der Waals surface area contributed by atoms with E-state index in [9.17, 15) is 9.36 Å². The van der Waals surface area contributed by atoms with Crippen molar-refractivity contribution in [2.45, 2.75) is 19.8 Å². The van der Waals surface area contributed by atoms with Gasteiger partial charge in [0.2, 0.25) is 0 Å². The van der Waals surface area contributed by atoms with Gasteiger partial charge in [-0.05, 0) is 13.3 Å². The van der Waals surface area contributed by atoms with Crippen LogP contribution in [0.3, 0.4) is 0 Å². The molecule has 0 saturated heterocycles. The van der Waals surface area contributed by atoms with E-state index in [-0.39, 0.29) is 5.78 Å². The molecule has 0 aliphatic carbocycles. The summed E-state index contributed by atoms with van der Waals surface area (Å²) in [6.45, 7) is 1.50. The Hall–Kier alpha value is -0.180. The van der Waals surface area contributed by atoms with E-state index >= 15 is 0 Å². The molecule has 0 N–H and O–H groups in total. The van der Waals surface area contributed by atoms with Crippen molar-refractivity contribution in [1.82, 2.24) is 0 Å². The van der Waals surface area contributed by atoms with Crippen molar-refractivity contribution in [3.8, 4) is 0 Å². The molecule has 0 amide bonds. The van der Waals surface area contributed by atoms with E-state index < -0.39 is 7.60 Å². The summed E-state index contributed by atoms with van der Waals surface area (Å²) >= 11 is 0. The molecule has 0 aromatic heterocycles. The Morgan fingerprint density at radius 3 is 2.17 bits per heavy atom. The van der Waals surface area contributed by atoms with Gasteiger partial charge in [-0.3, -0.25) is 4.57 Å². The van der Waals surface area contributed by atoms with Gasteiger partial charge in [0.1, 0.15) is 5.78 Å². The van der Waals surface area contributed by atoms with Crippen molar-refractivity contribution in [2.24, 2.45) is 0 Å². The number of Topliss-reactive ketones (excluding diaryl/α,β-unsaturated/α-hetero) is 1. The van der Waals surface area contributed by atoms with Crippen molar-refractivity contribution in [3.05, 3.63) is 0 Å². The second-order valence-corrected chi connectivity index (χ2v) is 4.90. The zero-order chi connectivity index (χ0) is 9.61. The van der Waals surface area contributed by atoms with Gasteiger partial charge >= 0.3 is 7.60 Å². The Kier molecular flexibility index (Phi) is 5.38. The largest absolute Gasteiger partial charge is 0.330 e. The lowest BCUT2D eigenvalue weighted by molar-refractivity contribution is -0.117. The van der Waals surface area contributed by atoms with Crippen LogP contribution in [-0.4, -0.2) is 26.2 Å². The third-order valence-electron chi connectivity index (χ3n) is 1.52. The fraction of sp³-hybridized carbons (Fsp3) is 0.857. The summed E-state index contributed by atoms with van der Waals surface area (Å²) < 4.78 is 20.8. The Balaban J connectivity index is 3.74. The smallest absolute Gasteiger partial charge is 0.312 e. The normalized spacial score (nSPS) is 11.6. The first-order valence-corrected chi connectivity index (χ1v) is 5.47. The topological polar surface area (TPSA) is 52.6 Å². The molecular formula is C7H15O4P. The number of hydrogen-bond acceptors (Lipinski definition) is 4. The van der Waals surface area contributed by atoms with Crippen molar-refractivity contribution in [3.63, 3.8) is 0 Å². The Labute approximate surface area is 72.8 Å². The molecule has 0 aromatic rings. The van der Waals surface area contributed by atoms with Gasteiger partial charge in [0.15, 0.2) is 0 Å². The molecule has 4 nitrogen and oxygen atoms in total. The lowest BCUT2D eigenvalue weighted by Crippen LogP contribution is -1.97. The molecule has 0 unspecified atom stereocenters. The molecule has 0 aromatic carbocycles. The van der Waals surface area contributed by atoms with Gasteiger partial charge in [0, 0.05) is 20.6 Å². The van der Waals surface area contributed by atoms with Crippen molar-refractivity contribution in [2.75, 3.05) is 20.4 Å². The van der Waals surface area contributed by atoms with E-state index in [1.165, 1.54) is 21.1 Å². The second kappa shape index (κ2) is 5.46. The van der Waals surface area contributed by atoms with E-state index in [4.69, 9.17) is 9.05 Å². The highest BCUT2D eigenvalue weighted by molar-refractivity contribution is 7.53. The van der Waals surface area contributed by atoms with E-state index in [1.807, 2.05) is 0 Å². The molecule has 0 aliphatic rings. The van der Waals surface area contributed by atoms with Gasteiger partial charge in [0.05, 0.1) is 6.16 Å². The van der Waals surface area contributed by atoms with Crippen LogP contribution in [0.15, 0.2) is 0 Å². The van der Waals surface area contributed by atoms with Gasteiger partial charge in [-0.25, -0.2) is 0 Å². The number of rotatable bonds is 6. The van der Waals surface area contributed by atoms with Gasteiger partial charge in [-0.1, -0.05) is 0 Å². The van der Waals surface area contributed by atoms with E-state index in [2.05, 4.69) is 0 Å². The molecule has 12 heavy (non-hydrogen) atoms. The average molecular weight is 194 g/mol. The molecule has 0 rings (SSSR count). The maximum absolute atomic E-state index is 11.4. The van der Waals surface area contributed by atoms with Crippen LogP contribution in [0.5, 0.6) is 0 Å². The number of carbonyl (C=O) groups is 1. The highest BCUT2D eigenvalue weighted by atomic mass is 31.2. The quantitative estimate of drug-likeness (QED) is 0.605. The predicted molar refractivity (Wildman–Crippen MR) is 46.4 cm³/mol. The van der Waals surface area contributed by atoms with Crippen LogP contribution in [-0.2, 0) is 18.4 Å². The van der Waals surface area contributed by atoms with Crippen LogP contribution in [0.4, 0.5) is 0 Å². The Morgan fingerprint density at radius 2 is 1.83 bits per heavy atom. The molecule has 0 fully saturated rings. The zero-order valence-electron chi connectivity index (χ0n) is 7.70. The lowest BCUT2D eigenvalue weighted by atomic mass is 10.3. The molecule has 0 atom stereocenters. The molecule has 0 aliphatic heterocycles. The molecule has 0 radical (unpaired) electrons. The zero-order valence-corrected chi connectivity index (χ0v) is 8.60. The maximum Gasteiger partial charge on any atom is 0.330 e. The molecule has 0 heterocycles. The van der Waals surface area contributed by atoms with Crippen LogP contribution in [0.1, 0.15) is 19.8 Å². The van der Waals surface area contributed by atoms with Crippen molar-refractivity contribution >= 4 is 13.4 Å². The first-order chi connectivity index (χ1) is 5.54. The lowest BCUT2D eigenvalue weighted by Gasteiger charge is -2.12. The van der Waals surface area contributed by atoms with Crippen LogP contribution in [0.2, 0.25) is 0 Å². The fourth-order valence-electron chi connectivity index (χ4n) is 0.779. The number of hydrogen-bond donors (Lipinski definition) is 0. The molecule has 72 valence electrons. The standard InChI is InChI=1S/C7H15O4P/c1-7(8)5-4-6-12(9,10-2)11-3/h4-6H2,1-3H3. The first kappa shape index (κ1) is 11.8. The average Bonchev–Trinajstić information content (AvgIpc) is 2.03. The fourth-order valence-corrected chi connectivity index (χ4v) is 1.84. The highest BCUT2D eigenvalue weighted by Gasteiger charge is 2.19. The summed E-state index contributed by atoms with van der Waals surface area (Å²) in [6.07, 6.45) is 1.28. The molecular weight excluding hydrogens is 179 g/mol. The van der Waals surface area contributed by atoms with Gasteiger partial charge in [-0.15, -0.1) is 0 Å². The summed E-state index contributed by atoms with van der Waals surface area (Å²) in [4.78, 5) is 10.5. The van der Waals surface area contributed by atoms with Gasteiger partial charge < -0.3 is 13.8 Å². The number of ketones is 1. The minimum absolute atomic E-state index is 0.0914. The van der Waals surface area contributed by atoms with Gasteiger partial charge in [-0.2, -0.15) is 0 Å². The van der Waals surface area contributed by atoms with Crippen LogP contribution >= 0.6 is 7.60 Å². The summed E-state index contributed by atoms with van der Waals surface area (Å²) in [6, 6.07) is 0. The summed E-state index contributed by atoms with van der Waals surface area (Å²) in [7, 11) is -0.199. The summed E-state index contributed by atoms with van der Waals surface area (Å²) in [5.41, 5.74) is 0. The third kappa shape index (κ3) is 4.65. The minimum atomic E-state index is -2.89. The second-order valence-electron chi connectivity index (χ2n) is 2.51. The molecule has 5 heteroatoms.